The lowest BCUT2D eigenvalue weighted by Crippen LogP contribution is -2.46. The van der Waals surface area contributed by atoms with Gasteiger partial charge in [-0.3, -0.25) is 14.7 Å². The number of rotatable bonds is 8. The molecule has 0 spiro atoms. The van der Waals surface area contributed by atoms with Crippen LogP contribution in [0.1, 0.15) is 53.9 Å². The molecule has 1 saturated heterocycles. The van der Waals surface area contributed by atoms with Crippen LogP contribution in [0.5, 0.6) is 0 Å². The zero-order valence-corrected chi connectivity index (χ0v) is 16.4. The van der Waals surface area contributed by atoms with Crippen molar-refractivity contribution in [2.45, 2.75) is 72.0 Å². The number of carbonyl (C=O) groups excluding carboxylic acids is 1. The number of amides is 1. The third-order valence-corrected chi connectivity index (χ3v) is 4.62. The van der Waals surface area contributed by atoms with Gasteiger partial charge in [0.05, 0.1) is 0 Å². The van der Waals surface area contributed by atoms with Gasteiger partial charge in [-0.25, -0.2) is 0 Å². The summed E-state index contributed by atoms with van der Waals surface area (Å²) in [5, 5.41) is 6.84. The average Bonchev–Trinajstić information content (AvgIpc) is 3.00. The fourth-order valence-electron chi connectivity index (χ4n) is 3.30. The van der Waals surface area contributed by atoms with E-state index in [9.17, 15) is 4.79 Å². The smallest absolute Gasteiger partial charge is 0.222 e. The number of guanidine groups is 1. The monoisotopic (exact) mass is 339 g/mol. The van der Waals surface area contributed by atoms with Crippen LogP contribution in [-0.4, -0.2) is 73.0 Å². The first-order valence-electron chi connectivity index (χ1n) is 9.39. The standard InChI is InChI=1S/C18H37N5O/c1-7-17(24)22-12-9-16(13-22)21-18(19-6)20-10-8-11-23(14(2)3)15(4)5/h14-16H,7-13H2,1-6H3,(H2,19,20,21). The summed E-state index contributed by atoms with van der Waals surface area (Å²) < 4.78 is 0. The Morgan fingerprint density at radius 2 is 1.96 bits per heavy atom. The molecular weight excluding hydrogens is 302 g/mol. The van der Waals surface area contributed by atoms with Crippen molar-refractivity contribution in [3.8, 4) is 0 Å². The average molecular weight is 340 g/mol. The Hall–Kier alpha value is -1.30. The van der Waals surface area contributed by atoms with Crippen LogP contribution < -0.4 is 10.6 Å². The summed E-state index contributed by atoms with van der Waals surface area (Å²) in [6.45, 7) is 14.5. The lowest BCUT2D eigenvalue weighted by molar-refractivity contribution is -0.129. The second-order valence-corrected chi connectivity index (χ2v) is 7.10. The van der Waals surface area contributed by atoms with Gasteiger partial charge in [0.1, 0.15) is 0 Å². The Balaban J connectivity index is 2.30. The maximum absolute atomic E-state index is 11.7. The summed E-state index contributed by atoms with van der Waals surface area (Å²) in [7, 11) is 1.80. The summed E-state index contributed by atoms with van der Waals surface area (Å²) >= 11 is 0. The van der Waals surface area contributed by atoms with E-state index in [0.29, 0.717) is 24.5 Å². The molecule has 1 unspecified atom stereocenters. The molecule has 24 heavy (non-hydrogen) atoms. The summed E-state index contributed by atoms with van der Waals surface area (Å²) in [5.41, 5.74) is 0. The van der Waals surface area contributed by atoms with E-state index in [1.165, 1.54) is 0 Å². The molecule has 0 bridgehead atoms. The quantitative estimate of drug-likeness (QED) is 0.401. The van der Waals surface area contributed by atoms with E-state index in [-0.39, 0.29) is 5.91 Å². The molecule has 0 aromatic heterocycles. The maximum atomic E-state index is 11.7. The second-order valence-electron chi connectivity index (χ2n) is 7.10. The first-order valence-corrected chi connectivity index (χ1v) is 9.39. The molecule has 2 N–H and O–H groups in total. The van der Waals surface area contributed by atoms with Crippen LogP contribution in [-0.2, 0) is 4.79 Å². The molecule has 140 valence electrons. The molecular formula is C18H37N5O. The fourth-order valence-corrected chi connectivity index (χ4v) is 3.30. The molecule has 0 aliphatic carbocycles. The van der Waals surface area contributed by atoms with Crippen LogP contribution >= 0.6 is 0 Å². The van der Waals surface area contributed by atoms with Gasteiger partial charge in [-0.05, 0) is 40.5 Å². The lowest BCUT2D eigenvalue weighted by Gasteiger charge is -2.30. The van der Waals surface area contributed by atoms with Gasteiger partial charge in [0.25, 0.3) is 0 Å². The minimum absolute atomic E-state index is 0.240. The van der Waals surface area contributed by atoms with E-state index >= 15 is 0 Å². The van der Waals surface area contributed by atoms with Crippen LogP contribution in [0, 0.1) is 0 Å². The number of nitrogens with one attached hydrogen (secondary N) is 2. The third kappa shape index (κ3) is 6.67. The van der Waals surface area contributed by atoms with Crippen molar-refractivity contribution in [2.24, 2.45) is 4.99 Å². The number of aliphatic imine (C=N–C) groups is 1. The zero-order chi connectivity index (χ0) is 18.1. The van der Waals surface area contributed by atoms with Crippen LogP contribution in [0.15, 0.2) is 4.99 Å². The first-order chi connectivity index (χ1) is 11.4. The van der Waals surface area contributed by atoms with Gasteiger partial charge in [0.15, 0.2) is 5.96 Å². The van der Waals surface area contributed by atoms with Gasteiger partial charge in [-0.2, -0.15) is 0 Å². The fraction of sp³-hybridized carbons (Fsp3) is 0.889. The molecule has 6 heteroatoms. The van der Waals surface area contributed by atoms with E-state index in [4.69, 9.17) is 0 Å². The molecule has 6 nitrogen and oxygen atoms in total. The molecule has 1 fully saturated rings. The van der Waals surface area contributed by atoms with Crippen molar-refractivity contribution >= 4 is 11.9 Å². The Morgan fingerprint density at radius 3 is 2.50 bits per heavy atom. The normalized spacial score (nSPS) is 18.8. The van der Waals surface area contributed by atoms with Crippen LogP contribution in [0.3, 0.4) is 0 Å². The van der Waals surface area contributed by atoms with E-state index in [2.05, 4.69) is 48.2 Å². The molecule has 1 heterocycles. The number of likely N-dealkylation sites (tertiary alicyclic amines) is 1. The predicted octanol–water partition coefficient (Wildman–Crippen LogP) is 1.67. The number of hydrogen-bond acceptors (Lipinski definition) is 3. The van der Waals surface area contributed by atoms with Crippen molar-refractivity contribution < 1.29 is 4.79 Å². The van der Waals surface area contributed by atoms with Crippen molar-refractivity contribution in [3.05, 3.63) is 0 Å². The molecule has 1 amide bonds. The second kappa shape index (κ2) is 10.5. The van der Waals surface area contributed by atoms with Gasteiger partial charge in [-0.1, -0.05) is 6.92 Å². The Labute approximate surface area is 148 Å². The van der Waals surface area contributed by atoms with E-state index in [0.717, 1.165) is 45.0 Å². The highest BCUT2D eigenvalue weighted by Gasteiger charge is 2.25. The molecule has 1 aliphatic rings. The topological polar surface area (TPSA) is 60.0 Å². The van der Waals surface area contributed by atoms with Gasteiger partial charge in [0, 0.05) is 57.8 Å². The van der Waals surface area contributed by atoms with Crippen LogP contribution in [0.25, 0.3) is 0 Å². The number of nitrogens with zero attached hydrogens (tertiary/aromatic N) is 3. The van der Waals surface area contributed by atoms with E-state index in [1.54, 1.807) is 7.05 Å². The highest BCUT2D eigenvalue weighted by atomic mass is 16.2. The van der Waals surface area contributed by atoms with Crippen molar-refractivity contribution in [2.75, 3.05) is 33.2 Å². The molecule has 1 rings (SSSR count). The Kier molecular flexibility index (Phi) is 9.11. The zero-order valence-electron chi connectivity index (χ0n) is 16.4. The summed E-state index contributed by atoms with van der Waals surface area (Å²) in [5.74, 6) is 1.08. The van der Waals surface area contributed by atoms with Gasteiger partial charge in [-0.15, -0.1) is 0 Å². The Morgan fingerprint density at radius 1 is 1.29 bits per heavy atom. The molecule has 0 aromatic rings. The predicted molar refractivity (Wildman–Crippen MR) is 101 cm³/mol. The van der Waals surface area contributed by atoms with Crippen molar-refractivity contribution in [1.29, 1.82) is 0 Å². The van der Waals surface area contributed by atoms with Crippen molar-refractivity contribution in [3.63, 3.8) is 0 Å². The van der Waals surface area contributed by atoms with Gasteiger partial charge in [0.2, 0.25) is 5.91 Å². The number of hydrogen-bond donors (Lipinski definition) is 2. The lowest BCUT2D eigenvalue weighted by atomic mass is 10.2. The highest BCUT2D eigenvalue weighted by molar-refractivity contribution is 5.80. The third-order valence-electron chi connectivity index (χ3n) is 4.62. The highest BCUT2D eigenvalue weighted by Crippen LogP contribution is 2.10. The molecule has 0 aromatic carbocycles. The Bertz CT molecular complexity index is 400. The first kappa shape index (κ1) is 20.7. The molecule has 1 aliphatic heterocycles. The van der Waals surface area contributed by atoms with E-state index in [1.807, 2.05) is 11.8 Å². The minimum Gasteiger partial charge on any atom is -0.356 e. The van der Waals surface area contributed by atoms with Crippen LogP contribution in [0.2, 0.25) is 0 Å². The molecule has 0 radical (unpaired) electrons. The SMILES string of the molecule is CCC(=O)N1CCC(NC(=NC)NCCCN(C(C)C)C(C)C)C1. The van der Waals surface area contributed by atoms with E-state index < -0.39 is 0 Å². The minimum atomic E-state index is 0.240. The summed E-state index contributed by atoms with van der Waals surface area (Å²) in [6.07, 6.45) is 2.66. The van der Waals surface area contributed by atoms with Gasteiger partial charge >= 0.3 is 0 Å². The molecule has 0 saturated carbocycles. The number of carbonyl (C=O) groups is 1. The summed E-state index contributed by atoms with van der Waals surface area (Å²) in [6, 6.07) is 1.44. The van der Waals surface area contributed by atoms with Gasteiger partial charge < -0.3 is 15.5 Å². The maximum Gasteiger partial charge on any atom is 0.222 e. The van der Waals surface area contributed by atoms with Crippen molar-refractivity contribution in [1.82, 2.24) is 20.4 Å². The largest absolute Gasteiger partial charge is 0.356 e. The summed E-state index contributed by atoms with van der Waals surface area (Å²) in [4.78, 5) is 20.5. The molecule has 1 atom stereocenters. The van der Waals surface area contributed by atoms with Crippen LogP contribution in [0.4, 0.5) is 0 Å².